The van der Waals surface area contributed by atoms with Crippen molar-refractivity contribution in [2.75, 3.05) is 25.2 Å². The van der Waals surface area contributed by atoms with Crippen LogP contribution in [0.1, 0.15) is 28.9 Å². The maximum atomic E-state index is 13.0. The van der Waals surface area contributed by atoms with Crippen LogP contribution in [-0.4, -0.2) is 46.8 Å². The van der Waals surface area contributed by atoms with Crippen molar-refractivity contribution in [3.05, 3.63) is 66.2 Å². The fraction of sp³-hybridized carbons (Fsp3) is 0.348. The van der Waals surface area contributed by atoms with E-state index in [1.165, 1.54) is 0 Å². The van der Waals surface area contributed by atoms with Gasteiger partial charge in [0.1, 0.15) is 11.5 Å². The molecular formula is C23H26N4O3. The van der Waals surface area contributed by atoms with Crippen LogP contribution in [0.3, 0.4) is 0 Å². The molecular weight excluding hydrogens is 380 g/mol. The van der Waals surface area contributed by atoms with Crippen molar-refractivity contribution in [2.24, 2.45) is 7.05 Å². The number of carbonyl (C=O) groups excluding carboxylic acids is 1. The number of hydrogen-bond acceptors (Lipinski definition) is 5. The average molecular weight is 406 g/mol. The molecule has 0 bridgehead atoms. The summed E-state index contributed by atoms with van der Waals surface area (Å²) in [4.78, 5) is 23.1. The summed E-state index contributed by atoms with van der Waals surface area (Å²) in [6.07, 6.45) is 7.10. The van der Waals surface area contributed by atoms with Crippen LogP contribution in [0.15, 0.2) is 55.0 Å². The lowest BCUT2D eigenvalue weighted by Crippen LogP contribution is -2.28. The SMILES string of the molecule is CN(C(=O)c1cnc(-c2cccc(COC3CCOCC3)c2)n1C)c1cccnc1. The number of pyridine rings is 1. The molecule has 0 saturated carbocycles. The highest BCUT2D eigenvalue weighted by Crippen LogP contribution is 2.23. The van der Waals surface area contributed by atoms with Gasteiger partial charge < -0.3 is 18.9 Å². The second-order valence-electron chi connectivity index (χ2n) is 7.42. The number of nitrogens with zero attached hydrogens (tertiary/aromatic N) is 4. The number of anilines is 1. The number of aromatic nitrogens is 3. The van der Waals surface area contributed by atoms with Crippen LogP contribution in [0.25, 0.3) is 11.4 Å². The Kier molecular flexibility index (Phi) is 6.21. The zero-order valence-corrected chi connectivity index (χ0v) is 17.3. The predicted octanol–water partition coefficient (Wildman–Crippen LogP) is 3.45. The third-order valence-corrected chi connectivity index (χ3v) is 5.38. The molecule has 1 fully saturated rings. The van der Waals surface area contributed by atoms with E-state index in [1.54, 1.807) is 30.5 Å². The summed E-state index contributed by atoms with van der Waals surface area (Å²) in [5, 5.41) is 0. The molecule has 3 heterocycles. The van der Waals surface area contributed by atoms with Crippen LogP contribution in [0, 0.1) is 0 Å². The highest BCUT2D eigenvalue weighted by Gasteiger charge is 2.20. The van der Waals surface area contributed by atoms with Gasteiger partial charge in [0.25, 0.3) is 5.91 Å². The lowest BCUT2D eigenvalue weighted by atomic mass is 10.1. The molecule has 0 radical (unpaired) electrons. The average Bonchev–Trinajstić information content (AvgIpc) is 3.19. The molecule has 3 aromatic rings. The van der Waals surface area contributed by atoms with Gasteiger partial charge in [-0.2, -0.15) is 0 Å². The van der Waals surface area contributed by atoms with Crippen LogP contribution in [-0.2, 0) is 23.1 Å². The highest BCUT2D eigenvalue weighted by atomic mass is 16.5. The van der Waals surface area contributed by atoms with Gasteiger partial charge in [0.2, 0.25) is 0 Å². The maximum absolute atomic E-state index is 13.0. The lowest BCUT2D eigenvalue weighted by Gasteiger charge is -2.22. The van der Waals surface area contributed by atoms with Gasteiger partial charge >= 0.3 is 0 Å². The first-order chi connectivity index (χ1) is 14.6. The Morgan fingerprint density at radius 2 is 2.07 bits per heavy atom. The van der Waals surface area contributed by atoms with Crippen molar-refractivity contribution < 1.29 is 14.3 Å². The fourth-order valence-electron chi connectivity index (χ4n) is 3.57. The first-order valence-electron chi connectivity index (χ1n) is 10.1. The molecule has 156 valence electrons. The number of ether oxygens (including phenoxy) is 2. The van der Waals surface area contributed by atoms with Crippen molar-refractivity contribution in [2.45, 2.75) is 25.6 Å². The molecule has 4 rings (SSSR count). The Morgan fingerprint density at radius 3 is 2.83 bits per heavy atom. The standard InChI is InChI=1S/C23H26N4O3/c1-26(19-7-4-10-24-14-19)23(28)21-15-25-22(27(21)2)18-6-3-5-17(13-18)16-30-20-8-11-29-12-9-20/h3-7,10,13-15,20H,8-9,11-12,16H2,1-2H3. The molecule has 7 heteroatoms. The minimum atomic E-state index is -0.136. The molecule has 30 heavy (non-hydrogen) atoms. The van der Waals surface area contributed by atoms with Gasteiger partial charge in [-0.3, -0.25) is 9.78 Å². The summed E-state index contributed by atoms with van der Waals surface area (Å²) < 4.78 is 13.3. The van der Waals surface area contributed by atoms with E-state index in [1.807, 2.05) is 41.9 Å². The van der Waals surface area contributed by atoms with Gasteiger partial charge in [-0.25, -0.2) is 4.98 Å². The van der Waals surface area contributed by atoms with Crippen LogP contribution in [0.5, 0.6) is 0 Å². The summed E-state index contributed by atoms with van der Waals surface area (Å²) in [5.41, 5.74) is 3.29. The summed E-state index contributed by atoms with van der Waals surface area (Å²) in [6, 6.07) is 11.8. The normalized spacial score (nSPS) is 14.6. The number of imidazole rings is 1. The Balaban J connectivity index is 1.50. The van der Waals surface area contributed by atoms with E-state index >= 15 is 0 Å². The molecule has 1 aromatic carbocycles. The second-order valence-corrected chi connectivity index (χ2v) is 7.42. The monoisotopic (exact) mass is 406 g/mol. The zero-order valence-electron chi connectivity index (χ0n) is 17.3. The van der Waals surface area contributed by atoms with E-state index in [4.69, 9.17) is 9.47 Å². The van der Waals surface area contributed by atoms with Gasteiger partial charge in [-0.15, -0.1) is 0 Å². The Hall–Kier alpha value is -3.03. The molecule has 1 saturated heterocycles. The minimum Gasteiger partial charge on any atom is -0.381 e. The van der Waals surface area contributed by atoms with Crippen molar-refractivity contribution in [1.29, 1.82) is 0 Å². The van der Waals surface area contributed by atoms with E-state index in [9.17, 15) is 4.79 Å². The van der Waals surface area contributed by atoms with Crippen molar-refractivity contribution in [3.63, 3.8) is 0 Å². The Bertz CT molecular complexity index is 997. The van der Waals surface area contributed by atoms with Crippen LogP contribution in [0.2, 0.25) is 0 Å². The second kappa shape index (κ2) is 9.19. The van der Waals surface area contributed by atoms with Crippen molar-refractivity contribution >= 4 is 11.6 Å². The number of carbonyl (C=O) groups is 1. The quantitative estimate of drug-likeness (QED) is 0.627. The molecule has 0 aliphatic carbocycles. The molecule has 0 atom stereocenters. The Labute approximate surface area is 176 Å². The summed E-state index contributed by atoms with van der Waals surface area (Å²) >= 11 is 0. The van der Waals surface area contributed by atoms with Crippen molar-refractivity contribution in [3.8, 4) is 11.4 Å². The van der Waals surface area contributed by atoms with E-state index < -0.39 is 0 Å². The highest BCUT2D eigenvalue weighted by molar-refractivity contribution is 6.04. The maximum Gasteiger partial charge on any atom is 0.276 e. The van der Waals surface area contributed by atoms with E-state index in [2.05, 4.69) is 16.0 Å². The molecule has 0 N–H and O–H groups in total. The first-order valence-corrected chi connectivity index (χ1v) is 10.1. The predicted molar refractivity (Wildman–Crippen MR) is 114 cm³/mol. The minimum absolute atomic E-state index is 0.136. The van der Waals surface area contributed by atoms with E-state index in [0.29, 0.717) is 12.3 Å². The number of amides is 1. The summed E-state index contributed by atoms with van der Waals surface area (Å²) in [5.74, 6) is 0.606. The smallest absolute Gasteiger partial charge is 0.276 e. The van der Waals surface area contributed by atoms with Gasteiger partial charge in [-0.1, -0.05) is 18.2 Å². The molecule has 2 aromatic heterocycles. The molecule has 7 nitrogen and oxygen atoms in total. The zero-order chi connectivity index (χ0) is 20.9. The van der Waals surface area contributed by atoms with Gasteiger partial charge in [0.15, 0.2) is 0 Å². The van der Waals surface area contributed by atoms with E-state index in [-0.39, 0.29) is 12.0 Å². The van der Waals surface area contributed by atoms with Crippen LogP contribution >= 0.6 is 0 Å². The third kappa shape index (κ3) is 4.42. The molecule has 0 unspecified atom stereocenters. The summed E-state index contributed by atoms with van der Waals surface area (Å²) in [6.45, 7) is 2.09. The van der Waals surface area contributed by atoms with Gasteiger partial charge in [0, 0.05) is 39.1 Å². The fourth-order valence-corrected chi connectivity index (χ4v) is 3.57. The lowest BCUT2D eigenvalue weighted by molar-refractivity contribution is -0.0390. The number of rotatable bonds is 6. The van der Waals surface area contributed by atoms with Crippen LogP contribution in [0.4, 0.5) is 5.69 Å². The first kappa shape index (κ1) is 20.3. The largest absolute Gasteiger partial charge is 0.381 e. The van der Waals surface area contributed by atoms with E-state index in [0.717, 1.165) is 48.7 Å². The third-order valence-electron chi connectivity index (χ3n) is 5.38. The molecule has 1 aliphatic heterocycles. The van der Waals surface area contributed by atoms with Crippen molar-refractivity contribution in [1.82, 2.24) is 14.5 Å². The van der Waals surface area contributed by atoms with Gasteiger partial charge in [-0.05, 0) is 36.6 Å². The number of benzene rings is 1. The molecule has 1 amide bonds. The Morgan fingerprint density at radius 1 is 1.23 bits per heavy atom. The van der Waals surface area contributed by atoms with Crippen LogP contribution < -0.4 is 4.90 Å². The topological polar surface area (TPSA) is 69.5 Å². The number of hydrogen-bond donors (Lipinski definition) is 0. The summed E-state index contributed by atoms with van der Waals surface area (Å²) in [7, 11) is 3.60. The molecule has 1 aliphatic rings. The van der Waals surface area contributed by atoms with Gasteiger partial charge in [0.05, 0.1) is 30.8 Å². The molecule has 0 spiro atoms.